The van der Waals surface area contributed by atoms with Gasteiger partial charge in [0, 0.05) is 11.6 Å². The summed E-state index contributed by atoms with van der Waals surface area (Å²) >= 11 is 0. The normalized spacial score (nSPS) is 11.4. The van der Waals surface area contributed by atoms with Crippen molar-refractivity contribution in [1.82, 2.24) is 0 Å². The summed E-state index contributed by atoms with van der Waals surface area (Å²) in [6.45, 7) is 6.00. The number of hydrogen-bond donors (Lipinski definition) is 0. The van der Waals surface area contributed by atoms with Crippen molar-refractivity contribution in [2.75, 3.05) is 13.2 Å². The molecule has 61 heavy (non-hydrogen) atoms. The second-order valence-electron chi connectivity index (χ2n) is 17.0. The quantitative estimate of drug-likeness (QED) is 0.0189. The third kappa shape index (κ3) is 26.7. The molecule has 0 aliphatic carbocycles. The Balaban J connectivity index is 1.22. The highest BCUT2D eigenvalue weighted by Gasteiger charge is 2.07. The predicted molar refractivity (Wildman–Crippen MR) is 259 cm³/mol. The van der Waals surface area contributed by atoms with Gasteiger partial charge in [0.2, 0.25) is 0 Å². The molecule has 0 saturated heterocycles. The van der Waals surface area contributed by atoms with Crippen molar-refractivity contribution in [3.05, 3.63) is 102 Å². The van der Waals surface area contributed by atoms with E-state index in [-0.39, 0.29) is 5.78 Å². The van der Waals surface area contributed by atoms with Gasteiger partial charge in [-0.1, -0.05) is 223 Å². The van der Waals surface area contributed by atoms with E-state index in [4.69, 9.17) is 14.2 Å². The van der Waals surface area contributed by atoms with E-state index in [1.807, 2.05) is 48.5 Å². The molecule has 5 heteroatoms. The van der Waals surface area contributed by atoms with E-state index in [2.05, 4.69) is 13.8 Å². The molecule has 0 N–H and O–H groups in total. The number of unbranched alkanes of at least 4 members (excludes halogenated alkanes) is 26. The summed E-state index contributed by atoms with van der Waals surface area (Å²) < 4.78 is 17.4. The van der Waals surface area contributed by atoms with Gasteiger partial charge in [0.05, 0.1) is 13.2 Å². The van der Waals surface area contributed by atoms with E-state index < -0.39 is 5.97 Å². The van der Waals surface area contributed by atoms with Crippen LogP contribution >= 0.6 is 0 Å². The van der Waals surface area contributed by atoms with Crippen molar-refractivity contribution in [3.63, 3.8) is 0 Å². The highest BCUT2D eigenvalue weighted by atomic mass is 16.5. The van der Waals surface area contributed by atoms with Gasteiger partial charge in [0.1, 0.15) is 17.2 Å². The lowest BCUT2D eigenvalue weighted by Gasteiger charge is -2.07. The number of allylic oxidation sites excluding steroid dienone is 1. The average molecular weight is 835 g/mol. The van der Waals surface area contributed by atoms with Crippen LogP contribution in [0.1, 0.15) is 215 Å². The van der Waals surface area contributed by atoms with Crippen molar-refractivity contribution in [1.29, 1.82) is 0 Å². The average Bonchev–Trinajstić information content (AvgIpc) is 3.28. The fourth-order valence-electron chi connectivity index (χ4n) is 7.62. The standard InChI is InChI=1S/C56H82O5/c1-3-5-7-9-11-13-15-17-19-21-23-25-27-29-46-59-52-40-34-49(35-41-52)38-44-55(57)51-32-31-33-54(48-51)61-56(58)45-39-50-36-42-53(43-37-50)60-47-30-28-26-24-22-20-18-16-14-12-10-8-6-4-2/h31-45,48H,3-30,46-47H2,1-2H3/b44-38+,45-39+. The minimum atomic E-state index is -0.509. The van der Waals surface area contributed by atoms with Gasteiger partial charge in [-0.3, -0.25) is 4.79 Å². The molecule has 3 aromatic rings. The third-order valence-corrected chi connectivity index (χ3v) is 11.5. The van der Waals surface area contributed by atoms with Crippen molar-refractivity contribution in [3.8, 4) is 17.2 Å². The number of rotatable bonds is 38. The van der Waals surface area contributed by atoms with Crippen LogP contribution in [0.15, 0.2) is 84.9 Å². The molecule has 0 amide bonds. The van der Waals surface area contributed by atoms with Crippen molar-refractivity contribution in [2.45, 2.75) is 194 Å². The maximum absolute atomic E-state index is 13.0. The predicted octanol–water partition coefficient (Wildman–Crippen LogP) is 16.9. The van der Waals surface area contributed by atoms with E-state index in [1.54, 1.807) is 42.5 Å². The topological polar surface area (TPSA) is 61.8 Å². The van der Waals surface area contributed by atoms with Crippen molar-refractivity contribution < 1.29 is 23.8 Å². The Kier molecular flexibility index (Phi) is 29.8. The van der Waals surface area contributed by atoms with E-state index in [0.717, 1.165) is 48.7 Å². The first-order valence-electron chi connectivity index (χ1n) is 24.8. The summed E-state index contributed by atoms with van der Waals surface area (Å²) in [4.78, 5) is 25.6. The molecule has 336 valence electrons. The lowest BCUT2D eigenvalue weighted by atomic mass is 10.0. The van der Waals surface area contributed by atoms with Gasteiger partial charge in [0.25, 0.3) is 0 Å². The van der Waals surface area contributed by atoms with Crippen molar-refractivity contribution >= 4 is 23.9 Å². The number of ether oxygens (including phenoxy) is 3. The molecule has 0 bridgehead atoms. The SMILES string of the molecule is CCCCCCCCCCCCCCCCOc1ccc(/C=C/C(=O)Oc2cccc(C(=O)/C=C/c3ccc(OCCCCCCCCCCCCCCCC)cc3)c2)cc1. The summed E-state index contributed by atoms with van der Waals surface area (Å²) in [5, 5.41) is 0. The fourth-order valence-corrected chi connectivity index (χ4v) is 7.62. The second kappa shape index (κ2) is 35.5. The monoisotopic (exact) mass is 835 g/mol. The van der Waals surface area contributed by atoms with Gasteiger partial charge in [0.15, 0.2) is 5.78 Å². The number of carbonyl (C=O) groups excluding carboxylic acids is 2. The van der Waals surface area contributed by atoms with Gasteiger partial charge in [-0.05, 0) is 72.5 Å². The molecule has 0 fully saturated rings. The lowest BCUT2D eigenvalue weighted by molar-refractivity contribution is -0.128. The first-order chi connectivity index (χ1) is 30.1. The Bertz CT molecular complexity index is 1590. The fraction of sp³-hybridized carbons (Fsp3) is 0.571. The number of esters is 1. The molecule has 3 aromatic carbocycles. The molecule has 0 aromatic heterocycles. The molecule has 0 atom stereocenters. The molecule has 0 saturated carbocycles. The minimum absolute atomic E-state index is 0.168. The first kappa shape index (κ1) is 51.2. The summed E-state index contributed by atoms with van der Waals surface area (Å²) in [7, 11) is 0. The van der Waals surface area contributed by atoms with Crippen LogP contribution in [0.25, 0.3) is 12.2 Å². The maximum Gasteiger partial charge on any atom is 0.336 e. The van der Waals surface area contributed by atoms with Crippen LogP contribution in [0.2, 0.25) is 0 Å². The van der Waals surface area contributed by atoms with Gasteiger partial charge in [-0.15, -0.1) is 0 Å². The molecule has 0 unspecified atom stereocenters. The summed E-state index contributed by atoms with van der Waals surface area (Å²) in [5.74, 6) is 1.32. The molecule has 0 aliphatic heterocycles. The van der Waals surface area contributed by atoms with Crippen LogP contribution in [0.5, 0.6) is 17.2 Å². The van der Waals surface area contributed by atoms with Crippen LogP contribution < -0.4 is 14.2 Å². The third-order valence-electron chi connectivity index (χ3n) is 11.5. The Labute approximate surface area is 372 Å². The second-order valence-corrected chi connectivity index (χ2v) is 17.0. The zero-order chi connectivity index (χ0) is 43.3. The molecule has 0 heterocycles. The highest BCUT2D eigenvalue weighted by molar-refractivity contribution is 6.07. The van der Waals surface area contributed by atoms with Crippen LogP contribution in [0.3, 0.4) is 0 Å². The first-order valence-corrected chi connectivity index (χ1v) is 24.8. The van der Waals surface area contributed by atoms with Crippen LogP contribution in [0.4, 0.5) is 0 Å². The highest BCUT2D eigenvalue weighted by Crippen LogP contribution is 2.20. The van der Waals surface area contributed by atoms with E-state index in [9.17, 15) is 9.59 Å². The van der Waals surface area contributed by atoms with E-state index >= 15 is 0 Å². The maximum atomic E-state index is 13.0. The Morgan fingerprint density at radius 3 is 1.16 bits per heavy atom. The molecule has 5 nitrogen and oxygen atoms in total. The van der Waals surface area contributed by atoms with Crippen molar-refractivity contribution in [2.24, 2.45) is 0 Å². The van der Waals surface area contributed by atoms with Gasteiger partial charge in [-0.25, -0.2) is 4.79 Å². The van der Waals surface area contributed by atoms with E-state index in [1.165, 1.54) is 173 Å². The van der Waals surface area contributed by atoms with E-state index in [0.29, 0.717) is 11.3 Å². The Hall–Kier alpha value is -4.12. The number of ketones is 1. The summed E-state index contributed by atoms with van der Waals surface area (Å²) in [6, 6.07) is 22.2. The smallest absolute Gasteiger partial charge is 0.336 e. The molecule has 3 rings (SSSR count). The van der Waals surface area contributed by atoms with Crippen LogP contribution in [-0.4, -0.2) is 25.0 Å². The van der Waals surface area contributed by atoms with Gasteiger partial charge < -0.3 is 14.2 Å². The van der Waals surface area contributed by atoms with Gasteiger partial charge in [-0.2, -0.15) is 0 Å². The molecule has 0 spiro atoms. The molecule has 0 aliphatic rings. The largest absolute Gasteiger partial charge is 0.494 e. The van der Waals surface area contributed by atoms with Gasteiger partial charge >= 0.3 is 5.97 Å². The number of carbonyl (C=O) groups is 2. The Morgan fingerprint density at radius 2 is 0.770 bits per heavy atom. The summed E-state index contributed by atoms with van der Waals surface area (Å²) in [6.07, 6.45) is 44.1. The molecular formula is C56H82O5. The molecule has 0 radical (unpaired) electrons. The lowest BCUT2D eigenvalue weighted by Crippen LogP contribution is -2.04. The minimum Gasteiger partial charge on any atom is -0.494 e. The van der Waals surface area contributed by atoms with Crippen LogP contribution in [0, 0.1) is 0 Å². The number of benzene rings is 3. The van der Waals surface area contributed by atoms with Crippen LogP contribution in [-0.2, 0) is 4.79 Å². The Morgan fingerprint density at radius 1 is 0.410 bits per heavy atom. The zero-order valence-corrected chi connectivity index (χ0v) is 38.5. The summed E-state index contributed by atoms with van der Waals surface area (Å²) in [5.41, 5.74) is 2.23. The molecular weight excluding hydrogens is 753 g/mol. The number of hydrogen-bond acceptors (Lipinski definition) is 5. The zero-order valence-electron chi connectivity index (χ0n) is 38.5.